The van der Waals surface area contributed by atoms with Crippen LogP contribution in [0.25, 0.3) is 0 Å². The average molecular weight is 286 g/mol. The predicted octanol–water partition coefficient (Wildman–Crippen LogP) is 2.66. The Bertz CT molecular complexity index is 665. The standard InChI is InChI=1S/C14H14N4OS/c19-13-9-5-2-6-15-11(9)17-12(18-13)10-7-16-14(20-10)8-3-1-4-8/h2,5-8,12H,1,3-4H2,(H,15,17)(H,18,19)/t12-/m0/s1. The van der Waals surface area contributed by atoms with Crippen molar-refractivity contribution in [3.63, 3.8) is 0 Å². The summed E-state index contributed by atoms with van der Waals surface area (Å²) in [4.78, 5) is 21.8. The number of carbonyl (C=O) groups is 1. The number of hydrogen-bond acceptors (Lipinski definition) is 5. The molecule has 1 amide bonds. The molecule has 20 heavy (non-hydrogen) atoms. The summed E-state index contributed by atoms with van der Waals surface area (Å²) in [5.74, 6) is 1.17. The number of anilines is 1. The van der Waals surface area contributed by atoms with Gasteiger partial charge in [-0.3, -0.25) is 4.79 Å². The molecule has 2 aromatic heterocycles. The van der Waals surface area contributed by atoms with E-state index in [1.54, 1.807) is 29.7 Å². The summed E-state index contributed by atoms with van der Waals surface area (Å²) in [5, 5.41) is 7.41. The Morgan fingerprint density at radius 1 is 1.25 bits per heavy atom. The van der Waals surface area contributed by atoms with E-state index in [2.05, 4.69) is 20.6 Å². The highest BCUT2D eigenvalue weighted by molar-refractivity contribution is 7.11. The quantitative estimate of drug-likeness (QED) is 0.890. The minimum Gasteiger partial charge on any atom is -0.345 e. The Balaban J connectivity index is 1.61. The molecule has 2 N–H and O–H groups in total. The number of hydrogen-bond donors (Lipinski definition) is 2. The molecule has 1 atom stereocenters. The van der Waals surface area contributed by atoms with Crippen molar-refractivity contribution < 1.29 is 4.79 Å². The molecule has 102 valence electrons. The number of nitrogens with one attached hydrogen (secondary N) is 2. The summed E-state index contributed by atoms with van der Waals surface area (Å²) in [6.07, 6.45) is 7.10. The number of fused-ring (bicyclic) bond motifs is 1. The summed E-state index contributed by atoms with van der Waals surface area (Å²) in [6, 6.07) is 3.54. The lowest BCUT2D eigenvalue weighted by Crippen LogP contribution is -2.38. The van der Waals surface area contributed by atoms with E-state index in [0.29, 0.717) is 17.3 Å². The van der Waals surface area contributed by atoms with E-state index < -0.39 is 0 Å². The van der Waals surface area contributed by atoms with Crippen LogP contribution in [0.2, 0.25) is 0 Å². The average Bonchev–Trinajstić information content (AvgIpc) is 2.86. The zero-order chi connectivity index (χ0) is 13.5. The van der Waals surface area contributed by atoms with Crippen LogP contribution in [0.1, 0.15) is 51.6 Å². The third kappa shape index (κ3) is 1.87. The molecule has 4 rings (SSSR count). The Labute approximate surface area is 120 Å². The first-order valence-corrected chi connectivity index (χ1v) is 7.61. The van der Waals surface area contributed by atoms with Crippen LogP contribution in [-0.2, 0) is 0 Å². The molecule has 6 heteroatoms. The summed E-state index contributed by atoms with van der Waals surface area (Å²) in [5.41, 5.74) is 0.590. The Morgan fingerprint density at radius 3 is 2.95 bits per heavy atom. The van der Waals surface area contributed by atoms with Crippen LogP contribution in [0.15, 0.2) is 24.5 Å². The lowest BCUT2D eigenvalue weighted by molar-refractivity contribution is 0.0935. The van der Waals surface area contributed by atoms with E-state index in [1.165, 1.54) is 24.3 Å². The fourth-order valence-corrected chi connectivity index (χ4v) is 3.60. The highest BCUT2D eigenvalue weighted by Crippen LogP contribution is 2.39. The predicted molar refractivity (Wildman–Crippen MR) is 76.8 cm³/mol. The van der Waals surface area contributed by atoms with E-state index in [1.807, 2.05) is 6.20 Å². The maximum Gasteiger partial charge on any atom is 0.256 e. The minimum absolute atomic E-state index is 0.0876. The molecular formula is C14H14N4OS. The lowest BCUT2D eigenvalue weighted by Gasteiger charge is -2.26. The highest BCUT2D eigenvalue weighted by atomic mass is 32.1. The van der Waals surface area contributed by atoms with Crippen LogP contribution in [0.5, 0.6) is 0 Å². The van der Waals surface area contributed by atoms with Crippen molar-refractivity contribution in [2.45, 2.75) is 31.3 Å². The van der Waals surface area contributed by atoms with Gasteiger partial charge in [0.25, 0.3) is 5.91 Å². The first kappa shape index (κ1) is 11.8. The molecule has 3 heterocycles. The summed E-state index contributed by atoms with van der Waals surface area (Å²) in [7, 11) is 0. The maximum absolute atomic E-state index is 12.1. The smallest absolute Gasteiger partial charge is 0.256 e. The van der Waals surface area contributed by atoms with Crippen LogP contribution < -0.4 is 10.6 Å². The van der Waals surface area contributed by atoms with Gasteiger partial charge in [-0.15, -0.1) is 11.3 Å². The molecule has 1 aliphatic carbocycles. The van der Waals surface area contributed by atoms with Crippen molar-refractivity contribution in [1.82, 2.24) is 15.3 Å². The van der Waals surface area contributed by atoms with Gasteiger partial charge in [-0.05, 0) is 25.0 Å². The van der Waals surface area contributed by atoms with Crippen LogP contribution in [-0.4, -0.2) is 15.9 Å². The zero-order valence-electron chi connectivity index (χ0n) is 10.8. The topological polar surface area (TPSA) is 66.9 Å². The van der Waals surface area contributed by atoms with Crippen molar-refractivity contribution in [2.75, 3.05) is 5.32 Å². The van der Waals surface area contributed by atoms with Crippen molar-refractivity contribution in [1.29, 1.82) is 0 Å². The van der Waals surface area contributed by atoms with Crippen molar-refractivity contribution in [3.8, 4) is 0 Å². The van der Waals surface area contributed by atoms with Gasteiger partial charge in [0.1, 0.15) is 12.0 Å². The van der Waals surface area contributed by atoms with Gasteiger partial charge in [-0.1, -0.05) is 6.42 Å². The second-order valence-electron chi connectivity index (χ2n) is 5.18. The minimum atomic E-state index is -0.226. The van der Waals surface area contributed by atoms with E-state index in [-0.39, 0.29) is 12.1 Å². The van der Waals surface area contributed by atoms with E-state index in [9.17, 15) is 4.79 Å². The van der Waals surface area contributed by atoms with Crippen LogP contribution >= 0.6 is 11.3 Å². The van der Waals surface area contributed by atoms with E-state index in [4.69, 9.17) is 0 Å². The van der Waals surface area contributed by atoms with Crippen molar-refractivity contribution >= 4 is 23.1 Å². The Hall–Kier alpha value is -1.95. The van der Waals surface area contributed by atoms with Gasteiger partial charge in [-0.2, -0.15) is 0 Å². The van der Waals surface area contributed by atoms with Gasteiger partial charge < -0.3 is 10.6 Å². The number of carbonyl (C=O) groups excluding carboxylic acids is 1. The van der Waals surface area contributed by atoms with Gasteiger partial charge >= 0.3 is 0 Å². The summed E-state index contributed by atoms with van der Waals surface area (Å²) < 4.78 is 0. The number of amides is 1. The second kappa shape index (κ2) is 4.56. The van der Waals surface area contributed by atoms with Gasteiger partial charge in [0, 0.05) is 18.3 Å². The normalized spacial score (nSPS) is 21.6. The SMILES string of the molecule is O=C1N[C@@H](c2cnc(C3CCC3)s2)Nc2ncccc21. The van der Waals surface area contributed by atoms with Crippen LogP contribution in [0.4, 0.5) is 5.82 Å². The molecule has 0 spiro atoms. The maximum atomic E-state index is 12.1. The molecule has 0 radical (unpaired) electrons. The van der Waals surface area contributed by atoms with E-state index >= 15 is 0 Å². The molecule has 1 aliphatic heterocycles. The van der Waals surface area contributed by atoms with Crippen molar-refractivity contribution in [2.24, 2.45) is 0 Å². The number of thiazole rings is 1. The Kier molecular flexibility index (Phi) is 2.70. The number of pyridine rings is 1. The van der Waals surface area contributed by atoms with Gasteiger partial charge in [0.2, 0.25) is 0 Å². The summed E-state index contributed by atoms with van der Waals surface area (Å²) >= 11 is 1.68. The highest BCUT2D eigenvalue weighted by Gasteiger charge is 2.28. The third-order valence-corrected chi connectivity index (χ3v) is 5.11. The molecule has 1 fully saturated rings. The molecular weight excluding hydrogens is 272 g/mol. The van der Waals surface area contributed by atoms with Gasteiger partial charge in [0.05, 0.1) is 15.4 Å². The van der Waals surface area contributed by atoms with Crippen LogP contribution in [0.3, 0.4) is 0 Å². The summed E-state index contributed by atoms with van der Waals surface area (Å²) in [6.45, 7) is 0. The molecule has 0 aromatic carbocycles. The third-order valence-electron chi connectivity index (χ3n) is 3.89. The van der Waals surface area contributed by atoms with Gasteiger partial charge in [0.15, 0.2) is 0 Å². The monoisotopic (exact) mass is 286 g/mol. The fourth-order valence-electron chi connectivity index (χ4n) is 2.51. The van der Waals surface area contributed by atoms with Crippen molar-refractivity contribution in [3.05, 3.63) is 40.0 Å². The van der Waals surface area contributed by atoms with Gasteiger partial charge in [-0.25, -0.2) is 9.97 Å². The molecule has 0 saturated heterocycles. The number of aromatic nitrogens is 2. The largest absolute Gasteiger partial charge is 0.345 e. The first-order valence-electron chi connectivity index (χ1n) is 6.79. The first-order chi connectivity index (χ1) is 9.81. The second-order valence-corrected chi connectivity index (χ2v) is 6.27. The molecule has 0 unspecified atom stereocenters. The Morgan fingerprint density at radius 2 is 2.15 bits per heavy atom. The molecule has 2 aromatic rings. The molecule has 5 nitrogen and oxygen atoms in total. The number of nitrogens with zero attached hydrogens (tertiary/aromatic N) is 2. The lowest BCUT2D eigenvalue weighted by atomic mass is 9.86. The van der Waals surface area contributed by atoms with E-state index in [0.717, 1.165) is 4.88 Å². The zero-order valence-corrected chi connectivity index (χ0v) is 11.6. The number of rotatable bonds is 2. The molecule has 0 bridgehead atoms. The molecule has 2 aliphatic rings. The van der Waals surface area contributed by atoms with Crippen LogP contribution in [0, 0.1) is 0 Å². The molecule has 1 saturated carbocycles. The fraction of sp³-hybridized carbons (Fsp3) is 0.357.